The fourth-order valence-electron chi connectivity index (χ4n) is 3.03. The fraction of sp³-hybridized carbons (Fsp3) is 0.318. The van der Waals surface area contributed by atoms with E-state index >= 15 is 0 Å². The molecule has 152 valence electrons. The maximum Gasteiger partial charge on any atom is 0.342 e. The maximum absolute atomic E-state index is 12.6. The highest BCUT2D eigenvalue weighted by Gasteiger charge is 2.30. The van der Waals surface area contributed by atoms with Gasteiger partial charge in [-0.3, -0.25) is 10.1 Å². The van der Waals surface area contributed by atoms with Gasteiger partial charge in [0.15, 0.2) is 0 Å². The van der Waals surface area contributed by atoms with E-state index in [4.69, 9.17) is 13.9 Å². The number of non-ortho nitro benzene ring substituents is 1. The summed E-state index contributed by atoms with van der Waals surface area (Å²) in [5, 5.41) is 11.5. The van der Waals surface area contributed by atoms with Crippen molar-refractivity contribution in [2.45, 2.75) is 39.7 Å². The molecule has 0 unspecified atom stereocenters. The molecule has 3 aromatic rings. The van der Waals surface area contributed by atoms with Crippen molar-refractivity contribution >= 4 is 22.6 Å². The molecule has 0 spiro atoms. The van der Waals surface area contributed by atoms with Crippen LogP contribution in [-0.4, -0.2) is 17.5 Å². The Balaban J connectivity index is 1.94. The summed E-state index contributed by atoms with van der Waals surface area (Å²) in [6, 6.07) is 11.5. The smallest absolute Gasteiger partial charge is 0.342 e. The summed E-state index contributed by atoms with van der Waals surface area (Å²) in [5.74, 6) is 0.643. The van der Waals surface area contributed by atoms with Gasteiger partial charge in [0.1, 0.15) is 29.3 Å². The third kappa shape index (κ3) is 4.39. The normalized spacial score (nSPS) is 11.4. The number of furan rings is 1. The predicted molar refractivity (Wildman–Crippen MR) is 108 cm³/mol. The number of carbonyl (C=O) groups excluding carboxylic acids is 1. The second-order valence-corrected chi connectivity index (χ2v) is 7.65. The number of nitro benzene ring substituents is 1. The first-order valence-electron chi connectivity index (χ1n) is 9.31. The van der Waals surface area contributed by atoms with Crippen LogP contribution >= 0.6 is 0 Å². The lowest BCUT2D eigenvalue weighted by atomic mass is 9.89. The van der Waals surface area contributed by atoms with Gasteiger partial charge in [0.25, 0.3) is 5.69 Å². The van der Waals surface area contributed by atoms with Crippen molar-refractivity contribution in [3.05, 3.63) is 69.5 Å². The highest BCUT2D eigenvalue weighted by atomic mass is 16.6. The SMILES string of the molecule is CCOC(=O)c1c(C(C)(C)C)oc2ccc(OCc3cccc([N+](=O)[O-])c3)cc12. The van der Waals surface area contributed by atoms with Gasteiger partial charge in [-0.25, -0.2) is 4.79 Å². The molecule has 7 nitrogen and oxygen atoms in total. The Morgan fingerprint density at radius 2 is 1.93 bits per heavy atom. The van der Waals surface area contributed by atoms with Crippen molar-refractivity contribution in [3.63, 3.8) is 0 Å². The molecule has 0 saturated carbocycles. The molecule has 0 N–H and O–H groups in total. The van der Waals surface area contributed by atoms with E-state index in [0.29, 0.717) is 33.6 Å². The summed E-state index contributed by atoms with van der Waals surface area (Å²) in [4.78, 5) is 23.1. The van der Waals surface area contributed by atoms with Gasteiger partial charge in [-0.2, -0.15) is 0 Å². The van der Waals surface area contributed by atoms with Gasteiger partial charge in [0.2, 0.25) is 0 Å². The summed E-state index contributed by atoms with van der Waals surface area (Å²) in [6.07, 6.45) is 0. The zero-order valence-corrected chi connectivity index (χ0v) is 16.9. The zero-order valence-electron chi connectivity index (χ0n) is 16.9. The molecule has 0 atom stereocenters. The summed E-state index contributed by atoms with van der Waals surface area (Å²) >= 11 is 0. The number of nitro groups is 1. The minimum atomic E-state index is -0.444. The fourth-order valence-corrected chi connectivity index (χ4v) is 3.03. The molecule has 1 aromatic heterocycles. The number of rotatable bonds is 6. The summed E-state index contributed by atoms with van der Waals surface area (Å²) in [6.45, 7) is 8.07. The molecule has 3 rings (SSSR count). The Kier molecular flexibility index (Phi) is 5.59. The van der Waals surface area contributed by atoms with E-state index in [0.717, 1.165) is 0 Å². The molecule has 0 radical (unpaired) electrons. The first-order valence-corrected chi connectivity index (χ1v) is 9.31. The van der Waals surface area contributed by atoms with Gasteiger partial charge >= 0.3 is 5.97 Å². The van der Waals surface area contributed by atoms with E-state index < -0.39 is 10.9 Å². The van der Waals surface area contributed by atoms with Crippen LogP contribution < -0.4 is 4.74 Å². The molecule has 2 aromatic carbocycles. The molecule has 0 amide bonds. The van der Waals surface area contributed by atoms with Crippen LogP contribution in [0.25, 0.3) is 11.0 Å². The Morgan fingerprint density at radius 1 is 1.17 bits per heavy atom. The minimum absolute atomic E-state index is 0.0100. The molecule has 0 aliphatic carbocycles. The van der Waals surface area contributed by atoms with Crippen LogP contribution in [0, 0.1) is 10.1 Å². The van der Waals surface area contributed by atoms with Crippen LogP contribution in [0.4, 0.5) is 5.69 Å². The number of carbonyl (C=O) groups is 1. The predicted octanol–water partition coefficient (Wildman–Crippen LogP) is 5.39. The van der Waals surface area contributed by atoms with Gasteiger partial charge in [-0.05, 0) is 30.7 Å². The highest BCUT2D eigenvalue weighted by molar-refractivity contribution is 6.05. The number of benzene rings is 2. The van der Waals surface area contributed by atoms with Crippen LogP contribution in [0.3, 0.4) is 0 Å². The monoisotopic (exact) mass is 397 g/mol. The van der Waals surface area contributed by atoms with Crippen LogP contribution in [0.2, 0.25) is 0 Å². The Hall–Kier alpha value is -3.35. The van der Waals surface area contributed by atoms with Crippen LogP contribution in [0.15, 0.2) is 46.9 Å². The molecule has 1 heterocycles. The van der Waals surface area contributed by atoms with Gasteiger partial charge in [0, 0.05) is 22.9 Å². The largest absolute Gasteiger partial charge is 0.489 e. The maximum atomic E-state index is 12.6. The molecule has 7 heteroatoms. The van der Waals surface area contributed by atoms with Gasteiger partial charge in [-0.15, -0.1) is 0 Å². The molecule has 0 aliphatic heterocycles. The minimum Gasteiger partial charge on any atom is -0.489 e. The highest BCUT2D eigenvalue weighted by Crippen LogP contribution is 2.36. The molecule has 0 aliphatic rings. The topological polar surface area (TPSA) is 91.8 Å². The number of fused-ring (bicyclic) bond motifs is 1. The Bertz CT molecular complexity index is 1060. The van der Waals surface area contributed by atoms with Gasteiger partial charge in [0.05, 0.1) is 11.5 Å². The molecular weight excluding hydrogens is 374 g/mol. The number of hydrogen-bond donors (Lipinski definition) is 0. The van der Waals surface area contributed by atoms with Crippen molar-refractivity contribution in [2.24, 2.45) is 0 Å². The Labute approximate surface area is 168 Å². The van der Waals surface area contributed by atoms with Gasteiger partial charge in [-0.1, -0.05) is 32.9 Å². The average molecular weight is 397 g/mol. The van der Waals surface area contributed by atoms with E-state index in [9.17, 15) is 14.9 Å². The van der Waals surface area contributed by atoms with Crippen molar-refractivity contribution in [1.82, 2.24) is 0 Å². The number of ether oxygens (including phenoxy) is 2. The van der Waals surface area contributed by atoms with Crippen LogP contribution in [-0.2, 0) is 16.8 Å². The average Bonchev–Trinajstić information content (AvgIpc) is 3.06. The summed E-state index contributed by atoms with van der Waals surface area (Å²) < 4.78 is 17.0. The van der Waals surface area contributed by atoms with E-state index in [2.05, 4.69) is 0 Å². The molecule has 0 saturated heterocycles. The van der Waals surface area contributed by atoms with Crippen LogP contribution in [0.5, 0.6) is 5.75 Å². The zero-order chi connectivity index (χ0) is 21.2. The van der Waals surface area contributed by atoms with Gasteiger partial charge < -0.3 is 13.9 Å². The Morgan fingerprint density at radius 3 is 2.59 bits per heavy atom. The second kappa shape index (κ2) is 7.95. The number of hydrogen-bond acceptors (Lipinski definition) is 6. The first kappa shape index (κ1) is 20.4. The number of nitrogens with zero attached hydrogens (tertiary/aromatic N) is 1. The summed E-state index contributed by atoms with van der Waals surface area (Å²) in [7, 11) is 0. The van der Waals surface area contributed by atoms with Crippen molar-refractivity contribution in [2.75, 3.05) is 6.61 Å². The standard InChI is InChI=1S/C22H23NO6/c1-5-27-21(24)19-17-12-16(9-10-18(17)29-20(19)22(2,3)4)28-13-14-7-6-8-15(11-14)23(25)26/h6-12H,5,13H2,1-4H3. The molecular formula is C22H23NO6. The third-order valence-electron chi connectivity index (χ3n) is 4.35. The van der Waals surface area contributed by atoms with Crippen LogP contribution in [0.1, 0.15) is 49.4 Å². The lowest BCUT2D eigenvalue weighted by molar-refractivity contribution is -0.384. The molecule has 0 fully saturated rings. The number of esters is 1. The van der Waals surface area contributed by atoms with Crippen molar-refractivity contribution in [1.29, 1.82) is 0 Å². The van der Waals surface area contributed by atoms with E-state index in [-0.39, 0.29) is 24.3 Å². The van der Waals surface area contributed by atoms with E-state index in [1.807, 2.05) is 20.8 Å². The quantitative estimate of drug-likeness (QED) is 0.314. The third-order valence-corrected chi connectivity index (χ3v) is 4.35. The molecule has 29 heavy (non-hydrogen) atoms. The van der Waals surface area contributed by atoms with Crippen molar-refractivity contribution < 1.29 is 23.6 Å². The summed E-state index contributed by atoms with van der Waals surface area (Å²) in [5.41, 5.74) is 1.27. The van der Waals surface area contributed by atoms with E-state index in [1.54, 1.807) is 37.3 Å². The first-order chi connectivity index (χ1) is 13.7. The second-order valence-electron chi connectivity index (χ2n) is 7.65. The van der Waals surface area contributed by atoms with E-state index in [1.165, 1.54) is 12.1 Å². The van der Waals surface area contributed by atoms with Crippen molar-refractivity contribution in [3.8, 4) is 5.75 Å². The lowest BCUT2D eigenvalue weighted by Crippen LogP contribution is -2.16. The molecule has 0 bridgehead atoms. The lowest BCUT2D eigenvalue weighted by Gasteiger charge is -2.16.